The van der Waals surface area contributed by atoms with E-state index in [-0.39, 0.29) is 35.0 Å². The van der Waals surface area contributed by atoms with Crippen molar-refractivity contribution in [2.45, 2.75) is 13.8 Å². The van der Waals surface area contributed by atoms with Crippen molar-refractivity contribution in [2.24, 2.45) is 0 Å². The summed E-state index contributed by atoms with van der Waals surface area (Å²) < 4.78 is 4.92. The highest BCUT2D eigenvalue weighted by atomic mass is 16.6. The Morgan fingerprint density at radius 2 is 1.95 bits per heavy atom. The summed E-state index contributed by atoms with van der Waals surface area (Å²) in [5, 5.41) is 17.0. The van der Waals surface area contributed by atoms with Crippen LogP contribution in [0.15, 0.2) is 24.3 Å². The number of non-ortho nitro benzene ring substituents is 1. The fourth-order valence-corrected chi connectivity index (χ4v) is 1.98. The number of nitro groups is 1. The van der Waals surface area contributed by atoms with Crippen LogP contribution in [0.2, 0.25) is 0 Å². The summed E-state index contributed by atoms with van der Waals surface area (Å²) in [5.41, 5.74) is 0.778. The highest BCUT2D eigenvalue weighted by Gasteiger charge is 2.24. The normalized spacial score (nSPS) is 10.3. The Kier molecular flexibility index (Phi) is 4.31. The van der Waals surface area contributed by atoms with Crippen molar-refractivity contribution in [3.8, 4) is 11.1 Å². The van der Waals surface area contributed by atoms with Crippen LogP contribution in [-0.2, 0) is 4.74 Å². The Balaban J connectivity index is 2.56. The second-order valence-corrected chi connectivity index (χ2v) is 4.40. The van der Waals surface area contributed by atoms with Gasteiger partial charge in [-0.25, -0.2) is 4.79 Å². The van der Waals surface area contributed by atoms with Crippen LogP contribution in [0.3, 0.4) is 0 Å². The van der Waals surface area contributed by atoms with Gasteiger partial charge in [-0.3, -0.25) is 20.0 Å². The Bertz CT molecular complexity index is 733. The maximum absolute atomic E-state index is 11.9. The van der Waals surface area contributed by atoms with Gasteiger partial charge in [0.05, 0.1) is 11.5 Å². The third-order valence-electron chi connectivity index (χ3n) is 2.95. The molecule has 2 aromatic rings. The maximum atomic E-state index is 11.9. The number of carbonyl (C=O) groups is 2. The molecule has 0 bridgehead atoms. The molecule has 22 heavy (non-hydrogen) atoms. The first kappa shape index (κ1) is 15.4. The Labute approximate surface area is 125 Å². The van der Waals surface area contributed by atoms with E-state index in [9.17, 15) is 19.7 Å². The molecule has 1 aromatic heterocycles. The molecule has 0 saturated heterocycles. The van der Waals surface area contributed by atoms with Gasteiger partial charge in [-0.15, -0.1) is 0 Å². The van der Waals surface area contributed by atoms with E-state index in [4.69, 9.17) is 4.74 Å². The molecular formula is C14H13N3O5. The lowest BCUT2D eigenvalue weighted by Crippen LogP contribution is -2.07. The summed E-state index contributed by atoms with van der Waals surface area (Å²) in [4.78, 5) is 33.8. The molecule has 0 aliphatic heterocycles. The topological polar surface area (TPSA) is 115 Å². The van der Waals surface area contributed by atoms with Gasteiger partial charge in [0, 0.05) is 24.6 Å². The number of esters is 1. The van der Waals surface area contributed by atoms with Crippen LogP contribution >= 0.6 is 0 Å². The number of hydrogen-bond donors (Lipinski definition) is 1. The van der Waals surface area contributed by atoms with Gasteiger partial charge in [0.15, 0.2) is 11.5 Å². The second kappa shape index (κ2) is 6.17. The molecule has 0 radical (unpaired) electrons. The molecule has 8 nitrogen and oxygen atoms in total. The zero-order chi connectivity index (χ0) is 16.3. The summed E-state index contributed by atoms with van der Waals surface area (Å²) in [6.45, 7) is 3.15. The van der Waals surface area contributed by atoms with E-state index in [1.54, 1.807) is 6.92 Å². The van der Waals surface area contributed by atoms with Gasteiger partial charge in [-0.2, -0.15) is 5.10 Å². The molecule has 1 N–H and O–H groups in total. The first-order chi connectivity index (χ1) is 10.5. The number of Topliss-reactive ketones (excluding diaryl/α,β-unsaturated/α-hetero) is 1. The minimum atomic E-state index is -0.643. The largest absolute Gasteiger partial charge is 0.461 e. The monoisotopic (exact) mass is 303 g/mol. The van der Waals surface area contributed by atoms with Gasteiger partial charge < -0.3 is 4.74 Å². The standard InChI is InChI=1S/C14H13N3O5/c1-3-22-14(19)13-11(12(8(2)18)15-16-13)9-4-6-10(7-5-9)17(20)21/h4-7H,3H2,1-2H3,(H,15,16). The fourth-order valence-electron chi connectivity index (χ4n) is 1.98. The van der Waals surface area contributed by atoms with Crippen LogP contribution in [0, 0.1) is 10.1 Å². The summed E-state index contributed by atoms with van der Waals surface area (Å²) in [6, 6.07) is 5.50. The summed E-state index contributed by atoms with van der Waals surface area (Å²) in [5.74, 6) is -0.976. The Hall–Kier alpha value is -3.03. The van der Waals surface area contributed by atoms with E-state index >= 15 is 0 Å². The van der Waals surface area contributed by atoms with Crippen LogP contribution < -0.4 is 0 Å². The number of ether oxygens (including phenoxy) is 1. The molecule has 0 saturated carbocycles. The number of nitrogens with zero attached hydrogens (tertiary/aromatic N) is 2. The summed E-state index contributed by atoms with van der Waals surface area (Å²) in [6.07, 6.45) is 0. The fraction of sp³-hybridized carbons (Fsp3) is 0.214. The molecule has 0 aliphatic carbocycles. The molecular weight excluding hydrogens is 290 g/mol. The molecule has 0 atom stereocenters. The van der Waals surface area contributed by atoms with Gasteiger partial charge >= 0.3 is 5.97 Å². The maximum Gasteiger partial charge on any atom is 0.357 e. The molecule has 0 amide bonds. The molecule has 1 heterocycles. The third kappa shape index (κ3) is 2.85. The van der Waals surface area contributed by atoms with Crippen LogP contribution in [0.1, 0.15) is 34.8 Å². The second-order valence-electron chi connectivity index (χ2n) is 4.40. The first-order valence-corrected chi connectivity index (χ1v) is 6.47. The van der Waals surface area contributed by atoms with Crippen molar-refractivity contribution in [2.75, 3.05) is 6.61 Å². The molecule has 1 aromatic carbocycles. The number of rotatable bonds is 5. The van der Waals surface area contributed by atoms with Crippen LogP contribution in [0.5, 0.6) is 0 Å². The molecule has 0 unspecified atom stereocenters. The minimum absolute atomic E-state index is 0.0425. The van der Waals surface area contributed by atoms with E-state index in [0.29, 0.717) is 5.56 Å². The molecule has 114 valence electrons. The van der Waals surface area contributed by atoms with Crippen molar-refractivity contribution in [3.63, 3.8) is 0 Å². The number of nitro benzene ring substituents is 1. The number of ketones is 1. The van der Waals surface area contributed by atoms with Crippen molar-refractivity contribution in [3.05, 3.63) is 45.8 Å². The Morgan fingerprint density at radius 3 is 2.45 bits per heavy atom. The van der Waals surface area contributed by atoms with Crippen molar-refractivity contribution >= 4 is 17.4 Å². The highest BCUT2D eigenvalue weighted by Crippen LogP contribution is 2.28. The molecule has 0 spiro atoms. The van der Waals surface area contributed by atoms with Crippen LogP contribution in [0.4, 0.5) is 5.69 Å². The lowest BCUT2D eigenvalue weighted by Gasteiger charge is -2.05. The van der Waals surface area contributed by atoms with Gasteiger partial charge in [0.2, 0.25) is 0 Å². The Morgan fingerprint density at radius 1 is 1.32 bits per heavy atom. The van der Waals surface area contributed by atoms with Crippen molar-refractivity contribution in [1.82, 2.24) is 10.2 Å². The number of nitrogens with one attached hydrogen (secondary N) is 1. The zero-order valence-electron chi connectivity index (χ0n) is 12.0. The number of benzene rings is 1. The SMILES string of the molecule is CCOC(=O)c1[nH]nc(C(C)=O)c1-c1ccc([N+](=O)[O-])cc1. The summed E-state index contributed by atoms with van der Waals surface area (Å²) >= 11 is 0. The van der Waals surface area contributed by atoms with Crippen molar-refractivity contribution in [1.29, 1.82) is 0 Å². The number of H-pyrrole nitrogens is 1. The van der Waals surface area contributed by atoms with E-state index in [0.717, 1.165) is 0 Å². The van der Waals surface area contributed by atoms with Gasteiger partial charge in [0.1, 0.15) is 5.69 Å². The molecule has 2 rings (SSSR count). The lowest BCUT2D eigenvalue weighted by atomic mass is 10.0. The van der Waals surface area contributed by atoms with Gasteiger partial charge in [-0.05, 0) is 24.6 Å². The predicted molar refractivity (Wildman–Crippen MR) is 76.6 cm³/mol. The van der Waals surface area contributed by atoms with E-state index < -0.39 is 10.9 Å². The number of carbonyl (C=O) groups excluding carboxylic acids is 2. The van der Waals surface area contributed by atoms with E-state index in [2.05, 4.69) is 10.2 Å². The summed E-state index contributed by atoms with van der Waals surface area (Å²) in [7, 11) is 0. The molecule has 0 fully saturated rings. The minimum Gasteiger partial charge on any atom is -0.461 e. The zero-order valence-corrected chi connectivity index (χ0v) is 12.0. The average Bonchev–Trinajstić information content (AvgIpc) is 2.92. The quantitative estimate of drug-likeness (QED) is 0.392. The molecule has 0 aliphatic rings. The number of hydrogen-bond acceptors (Lipinski definition) is 6. The van der Waals surface area contributed by atoms with Crippen LogP contribution in [-0.4, -0.2) is 33.5 Å². The predicted octanol–water partition coefficient (Wildman–Crippen LogP) is 2.36. The smallest absolute Gasteiger partial charge is 0.357 e. The van der Waals surface area contributed by atoms with E-state index in [1.807, 2.05) is 0 Å². The number of aromatic amines is 1. The third-order valence-corrected chi connectivity index (χ3v) is 2.95. The lowest BCUT2D eigenvalue weighted by molar-refractivity contribution is -0.384. The highest BCUT2D eigenvalue weighted by molar-refractivity contribution is 6.05. The number of aromatic nitrogens is 2. The van der Waals surface area contributed by atoms with E-state index in [1.165, 1.54) is 31.2 Å². The van der Waals surface area contributed by atoms with Crippen LogP contribution in [0.25, 0.3) is 11.1 Å². The average molecular weight is 303 g/mol. The van der Waals surface area contributed by atoms with Crippen molar-refractivity contribution < 1.29 is 19.2 Å². The first-order valence-electron chi connectivity index (χ1n) is 6.47. The van der Waals surface area contributed by atoms with Gasteiger partial charge in [-0.1, -0.05) is 0 Å². The van der Waals surface area contributed by atoms with Gasteiger partial charge in [0.25, 0.3) is 5.69 Å². The molecule has 8 heteroatoms.